The molecular weight excluding hydrogens is 260 g/mol. The molecule has 0 bridgehead atoms. The fraction of sp³-hybridized carbons (Fsp3) is 0.667. The molecule has 3 heteroatoms. The zero-order valence-corrected chi connectivity index (χ0v) is 13.8. The SMILES string of the molecule is CCOc1ccccc1C(C)NCCC1CCN(C)CC1. The van der Waals surface area contributed by atoms with Gasteiger partial charge in [0.2, 0.25) is 0 Å². The predicted molar refractivity (Wildman–Crippen MR) is 88.9 cm³/mol. The van der Waals surface area contributed by atoms with Crippen molar-refractivity contribution in [2.45, 2.75) is 39.2 Å². The third-order valence-electron chi connectivity index (χ3n) is 4.53. The molecule has 1 aromatic carbocycles. The summed E-state index contributed by atoms with van der Waals surface area (Å²) in [7, 11) is 2.22. The minimum absolute atomic E-state index is 0.346. The fourth-order valence-corrected chi connectivity index (χ4v) is 3.09. The number of hydrogen-bond donors (Lipinski definition) is 1. The van der Waals surface area contributed by atoms with E-state index in [0.29, 0.717) is 6.04 Å². The average Bonchev–Trinajstić information content (AvgIpc) is 2.50. The molecule has 1 unspecified atom stereocenters. The summed E-state index contributed by atoms with van der Waals surface area (Å²) in [5.41, 5.74) is 1.27. The first-order chi connectivity index (χ1) is 10.2. The molecule has 0 aliphatic carbocycles. The van der Waals surface area contributed by atoms with Crippen LogP contribution in [0.15, 0.2) is 24.3 Å². The minimum atomic E-state index is 0.346. The Hall–Kier alpha value is -1.06. The van der Waals surface area contributed by atoms with Crippen molar-refractivity contribution >= 4 is 0 Å². The molecule has 0 radical (unpaired) electrons. The van der Waals surface area contributed by atoms with Gasteiger partial charge < -0.3 is 15.0 Å². The van der Waals surface area contributed by atoms with E-state index < -0.39 is 0 Å². The number of rotatable bonds is 7. The molecule has 0 spiro atoms. The second kappa shape index (κ2) is 8.40. The second-order valence-corrected chi connectivity index (χ2v) is 6.18. The quantitative estimate of drug-likeness (QED) is 0.832. The van der Waals surface area contributed by atoms with Crippen molar-refractivity contribution in [2.75, 3.05) is 33.3 Å². The highest BCUT2D eigenvalue weighted by molar-refractivity contribution is 5.35. The molecule has 3 nitrogen and oxygen atoms in total. The Morgan fingerprint density at radius 3 is 2.71 bits per heavy atom. The van der Waals surface area contributed by atoms with Crippen molar-refractivity contribution < 1.29 is 4.74 Å². The topological polar surface area (TPSA) is 24.5 Å². The number of hydrogen-bond acceptors (Lipinski definition) is 3. The van der Waals surface area contributed by atoms with Gasteiger partial charge in [-0.1, -0.05) is 18.2 Å². The van der Waals surface area contributed by atoms with E-state index in [-0.39, 0.29) is 0 Å². The zero-order valence-electron chi connectivity index (χ0n) is 13.8. The molecule has 1 N–H and O–H groups in total. The number of nitrogens with zero attached hydrogens (tertiary/aromatic N) is 1. The summed E-state index contributed by atoms with van der Waals surface area (Å²) in [6.07, 6.45) is 3.99. The molecule has 1 fully saturated rings. The standard InChI is InChI=1S/C18H30N2O/c1-4-21-18-8-6-5-7-17(18)15(2)19-12-9-16-10-13-20(3)14-11-16/h5-8,15-16,19H,4,9-14H2,1-3H3. The molecule has 1 atom stereocenters. The van der Waals surface area contributed by atoms with E-state index in [4.69, 9.17) is 4.74 Å². The van der Waals surface area contributed by atoms with Gasteiger partial charge in [-0.3, -0.25) is 0 Å². The number of benzene rings is 1. The van der Waals surface area contributed by atoms with Crippen LogP contribution in [-0.4, -0.2) is 38.2 Å². The average molecular weight is 290 g/mol. The van der Waals surface area contributed by atoms with E-state index in [1.165, 1.54) is 37.9 Å². The predicted octanol–water partition coefficient (Wildman–Crippen LogP) is 3.47. The van der Waals surface area contributed by atoms with Crippen molar-refractivity contribution in [2.24, 2.45) is 5.92 Å². The van der Waals surface area contributed by atoms with Gasteiger partial charge in [-0.15, -0.1) is 0 Å². The lowest BCUT2D eigenvalue weighted by Crippen LogP contribution is -2.32. The number of piperidine rings is 1. The first kappa shape index (κ1) is 16.3. The molecule has 0 saturated carbocycles. The summed E-state index contributed by atoms with van der Waals surface area (Å²) >= 11 is 0. The van der Waals surface area contributed by atoms with Gasteiger partial charge >= 0.3 is 0 Å². The van der Waals surface area contributed by atoms with Crippen molar-refractivity contribution in [3.8, 4) is 5.75 Å². The first-order valence-corrected chi connectivity index (χ1v) is 8.34. The Kier molecular flexibility index (Phi) is 6.52. The Labute approximate surface area is 129 Å². The maximum atomic E-state index is 5.72. The molecule has 0 aromatic heterocycles. The van der Waals surface area contributed by atoms with Gasteiger partial charge in [0.05, 0.1) is 6.61 Å². The van der Waals surface area contributed by atoms with E-state index in [9.17, 15) is 0 Å². The third-order valence-corrected chi connectivity index (χ3v) is 4.53. The second-order valence-electron chi connectivity index (χ2n) is 6.18. The molecule has 118 valence electrons. The van der Waals surface area contributed by atoms with Gasteiger partial charge in [0, 0.05) is 11.6 Å². The lowest BCUT2D eigenvalue weighted by molar-refractivity contribution is 0.210. The van der Waals surface area contributed by atoms with Gasteiger partial charge in [0.25, 0.3) is 0 Å². The summed E-state index contributed by atoms with van der Waals surface area (Å²) < 4.78 is 5.72. The maximum Gasteiger partial charge on any atom is 0.124 e. The van der Waals surface area contributed by atoms with Crippen LogP contribution in [0.25, 0.3) is 0 Å². The highest BCUT2D eigenvalue weighted by Crippen LogP contribution is 2.25. The van der Waals surface area contributed by atoms with Crippen LogP contribution in [0.1, 0.15) is 44.7 Å². The Balaban J connectivity index is 1.78. The molecule has 1 saturated heterocycles. The van der Waals surface area contributed by atoms with Crippen LogP contribution in [0.4, 0.5) is 0 Å². The molecule has 1 aromatic rings. The van der Waals surface area contributed by atoms with Crippen LogP contribution >= 0.6 is 0 Å². The van der Waals surface area contributed by atoms with Crippen LogP contribution in [-0.2, 0) is 0 Å². The number of ether oxygens (including phenoxy) is 1. The smallest absolute Gasteiger partial charge is 0.124 e. The van der Waals surface area contributed by atoms with Crippen molar-refractivity contribution in [1.82, 2.24) is 10.2 Å². The molecule has 1 aliphatic rings. The van der Waals surface area contributed by atoms with Gasteiger partial charge in [0.1, 0.15) is 5.75 Å². The highest BCUT2D eigenvalue weighted by atomic mass is 16.5. The Morgan fingerprint density at radius 1 is 1.29 bits per heavy atom. The first-order valence-electron chi connectivity index (χ1n) is 8.34. The molecular formula is C18H30N2O. The third kappa shape index (κ3) is 5.01. The van der Waals surface area contributed by atoms with Crippen LogP contribution < -0.4 is 10.1 Å². The van der Waals surface area contributed by atoms with Crippen LogP contribution in [0.5, 0.6) is 5.75 Å². The number of likely N-dealkylation sites (tertiary alicyclic amines) is 1. The lowest BCUT2D eigenvalue weighted by Gasteiger charge is -2.29. The van der Waals surface area contributed by atoms with E-state index in [0.717, 1.165) is 24.8 Å². The van der Waals surface area contributed by atoms with Gasteiger partial charge in [-0.05, 0) is 71.8 Å². The molecule has 1 heterocycles. The molecule has 1 aliphatic heterocycles. The van der Waals surface area contributed by atoms with Crippen molar-refractivity contribution in [3.63, 3.8) is 0 Å². The fourth-order valence-electron chi connectivity index (χ4n) is 3.09. The Bertz CT molecular complexity index is 413. The minimum Gasteiger partial charge on any atom is -0.494 e. The van der Waals surface area contributed by atoms with Crippen LogP contribution in [0, 0.1) is 5.92 Å². The van der Waals surface area contributed by atoms with E-state index in [1.807, 2.05) is 13.0 Å². The van der Waals surface area contributed by atoms with Crippen molar-refractivity contribution in [1.29, 1.82) is 0 Å². The van der Waals surface area contributed by atoms with Gasteiger partial charge in [-0.2, -0.15) is 0 Å². The summed E-state index contributed by atoms with van der Waals surface area (Å²) in [4.78, 5) is 2.44. The van der Waals surface area contributed by atoms with E-state index in [2.05, 4.69) is 42.4 Å². The Morgan fingerprint density at radius 2 is 2.00 bits per heavy atom. The van der Waals surface area contributed by atoms with E-state index in [1.54, 1.807) is 0 Å². The van der Waals surface area contributed by atoms with E-state index >= 15 is 0 Å². The summed E-state index contributed by atoms with van der Waals surface area (Å²) in [6, 6.07) is 8.71. The highest BCUT2D eigenvalue weighted by Gasteiger charge is 2.17. The van der Waals surface area contributed by atoms with Crippen LogP contribution in [0.3, 0.4) is 0 Å². The monoisotopic (exact) mass is 290 g/mol. The molecule has 2 rings (SSSR count). The molecule has 0 amide bonds. The summed E-state index contributed by atoms with van der Waals surface area (Å²) in [5.74, 6) is 1.90. The van der Waals surface area contributed by atoms with Crippen LogP contribution in [0.2, 0.25) is 0 Å². The number of para-hydroxylation sites is 1. The summed E-state index contributed by atoms with van der Waals surface area (Å²) in [6.45, 7) is 8.59. The van der Waals surface area contributed by atoms with Crippen molar-refractivity contribution in [3.05, 3.63) is 29.8 Å². The number of nitrogens with one attached hydrogen (secondary N) is 1. The zero-order chi connectivity index (χ0) is 15.1. The lowest BCUT2D eigenvalue weighted by atomic mass is 9.93. The maximum absolute atomic E-state index is 5.72. The summed E-state index contributed by atoms with van der Waals surface area (Å²) in [5, 5.41) is 3.66. The van der Waals surface area contributed by atoms with Gasteiger partial charge in [0.15, 0.2) is 0 Å². The normalized spacial score (nSPS) is 18.6. The largest absolute Gasteiger partial charge is 0.494 e. The van der Waals surface area contributed by atoms with Gasteiger partial charge in [-0.25, -0.2) is 0 Å². The molecule has 21 heavy (non-hydrogen) atoms.